The zero-order chi connectivity index (χ0) is 22.5. The molecule has 1 N–H and O–H groups in total. The van der Waals surface area contributed by atoms with Gasteiger partial charge in [-0.15, -0.1) is 11.8 Å². The second-order valence-electron chi connectivity index (χ2n) is 7.91. The fourth-order valence-corrected chi connectivity index (χ4v) is 5.20. The zero-order valence-corrected chi connectivity index (χ0v) is 18.9. The lowest BCUT2D eigenvalue weighted by atomic mass is 10.2. The number of para-hydroxylation sites is 1. The van der Waals surface area contributed by atoms with Crippen molar-refractivity contribution < 1.29 is 19.1 Å². The molecule has 2 aromatic rings. The Bertz CT molecular complexity index is 987. The molecule has 1 unspecified atom stereocenters. The third-order valence-electron chi connectivity index (χ3n) is 5.71. The average molecular weight is 454 g/mol. The number of methoxy groups -OCH3 is 1. The minimum absolute atomic E-state index is 0.156. The second kappa shape index (κ2) is 10.1. The Morgan fingerprint density at radius 3 is 2.41 bits per heavy atom. The van der Waals surface area contributed by atoms with Crippen molar-refractivity contribution in [3.63, 3.8) is 0 Å². The largest absolute Gasteiger partial charge is 0.497 e. The second-order valence-corrected chi connectivity index (χ2v) is 9.05. The van der Waals surface area contributed by atoms with Gasteiger partial charge in [-0.3, -0.25) is 14.4 Å². The number of benzene rings is 2. The molecule has 0 aromatic heterocycles. The van der Waals surface area contributed by atoms with Gasteiger partial charge in [0.15, 0.2) is 5.25 Å². The molecule has 0 saturated carbocycles. The Labute approximate surface area is 192 Å². The summed E-state index contributed by atoms with van der Waals surface area (Å²) in [5, 5.41) is 1.95. The van der Waals surface area contributed by atoms with E-state index in [1.165, 1.54) is 16.7 Å². The van der Waals surface area contributed by atoms with Crippen molar-refractivity contribution in [1.82, 2.24) is 4.90 Å². The SMILES string of the molecule is COc1ccc(NC(=O)CN2C(=O)C(C(=O)N3CCCCCC3)Sc3ccccc32)cc1. The number of fused-ring (bicyclic) bond motifs is 1. The van der Waals surface area contributed by atoms with Gasteiger partial charge >= 0.3 is 0 Å². The summed E-state index contributed by atoms with van der Waals surface area (Å²) in [6.45, 7) is 1.21. The summed E-state index contributed by atoms with van der Waals surface area (Å²) in [4.78, 5) is 43.5. The molecule has 7 nitrogen and oxygen atoms in total. The molecule has 0 aliphatic carbocycles. The van der Waals surface area contributed by atoms with Gasteiger partial charge in [-0.2, -0.15) is 0 Å². The van der Waals surface area contributed by atoms with Gasteiger partial charge in [0.25, 0.3) is 5.91 Å². The van der Waals surface area contributed by atoms with E-state index in [1.807, 2.05) is 29.2 Å². The van der Waals surface area contributed by atoms with Gasteiger partial charge < -0.3 is 19.9 Å². The molecule has 0 radical (unpaired) electrons. The highest BCUT2D eigenvalue weighted by Crippen LogP contribution is 2.39. The van der Waals surface area contributed by atoms with Crippen molar-refractivity contribution in [2.45, 2.75) is 35.8 Å². The van der Waals surface area contributed by atoms with Gasteiger partial charge in [0.2, 0.25) is 11.8 Å². The molecule has 1 saturated heterocycles. The molecular formula is C24H27N3O4S. The first kappa shape index (κ1) is 22.2. The van der Waals surface area contributed by atoms with Crippen molar-refractivity contribution in [2.75, 3.05) is 37.0 Å². The number of hydrogen-bond donors (Lipinski definition) is 1. The van der Waals surface area contributed by atoms with Crippen LogP contribution in [0.2, 0.25) is 0 Å². The van der Waals surface area contributed by atoms with E-state index in [0.717, 1.165) is 30.6 Å². The van der Waals surface area contributed by atoms with Crippen LogP contribution in [-0.4, -0.2) is 54.6 Å². The van der Waals surface area contributed by atoms with Gasteiger partial charge in [-0.1, -0.05) is 25.0 Å². The number of carbonyl (C=O) groups excluding carboxylic acids is 3. The van der Waals surface area contributed by atoms with Gasteiger partial charge in [-0.05, 0) is 49.2 Å². The Hall–Kier alpha value is -3.00. The van der Waals surface area contributed by atoms with Crippen molar-refractivity contribution >= 4 is 40.9 Å². The summed E-state index contributed by atoms with van der Waals surface area (Å²) in [6.07, 6.45) is 4.13. The summed E-state index contributed by atoms with van der Waals surface area (Å²) in [5.41, 5.74) is 1.27. The summed E-state index contributed by atoms with van der Waals surface area (Å²) in [6, 6.07) is 14.4. The van der Waals surface area contributed by atoms with E-state index in [4.69, 9.17) is 4.74 Å². The lowest BCUT2D eigenvalue weighted by Gasteiger charge is -2.34. The third kappa shape index (κ3) is 4.91. The molecular weight excluding hydrogens is 426 g/mol. The number of anilines is 2. The fourth-order valence-electron chi connectivity index (χ4n) is 4.01. The predicted octanol–water partition coefficient (Wildman–Crippen LogP) is 3.54. The molecule has 32 heavy (non-hydrogen) atoms. The number of amides is 3. The quantitative estimate of drug-likeness (QED) is 0.701. The van der Waals surface area contributed by atoms with Crippen LogP contribution in [0.3, 0.4) is 0 Å². The molecule has 4 rings (SSSR count). The normalized spacial score (nSPS) is 18.5. The van der Waals surface area contributed by atoms with Crippen LogP contribution in [0.15, 0.2) is 53.4 Å². The number of carbonyl (C=O) groups is 3. The number of ether oxygens (including phenoxy) is 1. The van der Waals surface area contributed by atoms with E-state index in [2.05, 4.69) is 5.32 Å². The van der Waals surface area contributed by atoms with E-state index >= 15 is 0 Å². The Balaban J connectivity index is 1.52. The van der Waals surface area contributed by atoms with E-state index in [9.17, 15) is 14.4 Å². The van der Waals surface area contributed by atoms with E-state index in [1.54, 1.807) is 31.4 Å². The molecule has 168 valence electrons. The minimum atomic E-state index is -0.864. The van der Waals surface area contributed by atoms with Gasteiger partial charge in [0.05, 0.1) is 12.8 Å². The molecule has 2 heterocycles. The Morgan fingerprint density at radius 2 is 1.72 bits per heavy atom. The topological polar surface area (TPSA) is 79.0 Å². The third-order valence-corrected chi connectivity index (χ3v) is 6.95. The highest BCUT2D eigenvalue weighted by atomic mass is 32.2. The van der Waals surface area contributed by atoms with Crippen LogP contribution in [0, 0.1) is 0 Å². The Kier molecular flexibility index (Phi) is 6.99. The van der Waals surface area contributed by atoms with Crippen molar-refractivity contribution in [3.05, 3.63) is 48.5 Å². The van der Waals surface area contributed by atoms with Gasteiger partial charge in [0.1, 0.15) is 12.3 Å². The maximum Gasteiger partial charge on any atom is 0.250 e. The number of thioether (sulfide) groups is 1. The first-order chi connectivity index (χ1) is 15.6. The standard InChI is InChI=1S/C24H27N3O4S/c1-31-18-12-10-17(11-13-18)25-21(28)16-27-19-8-4-5-9-20(19)32-22(24(27)30)23(29)26-14-6-2-3-7-15-26/h4-5,8-13,22H,2-3,6-7,14-16H2,1H3,(H,25,28). The van der Waals surface area contributed by atoms with Crippen LogP contribution in [0.25, 0.3) is 0 Å². The van der Waals surface area contributed by atoms with Crippen molar-refractivity contribution in [1.29, 1.82) is 0 Å². The molecule has 0 spiro atoms. The zero-order valence-electron chi connectivity index (χ0n) is 18.1. The maximum absolute atomic E-state index is 13.4. The van der Waals surface area contributed by atoms with Crippen LogP contribution < -0.4 is 15.0 Å². The van der Waals surface area contributed by atoms with Crippen LogP contribution in [-0.2, 0) is 14.4 Å². The van der Waals surface area contributed by atoms with Crippen LogP contribution >= 0.6 is 11.8 Å². The monoisotopic (exact) mass is 453 g/mol. The minimum Gasteiger partial charge on any atom is -0.497 e. The van der Waals surface area contributed by atoms with E-state index in [-0.39, 0.29) is 24.3 Å². The van der Waals surface area contributed by atoms with Crippen LogP contribution in [0.5, 0.6) is 5.75 Å². The molecule has 3 amide bonds. The molecule has 8 heteroatoms. The number of nitrogens with zero attached hydrogens (tertiary/aromatic N) is 2. The van der Waals surface area contributed by atoms with Crippen LogP contribution in [0.1, 0.15) is 25.7 Å². The number of likely N-dealkylation sites (tertiary alicyclic amines) is 1. The number of rotatable bonds is 5. The van der Waals surface area contributed by atoms with Gasteiger partial charge in [-0.25, -0.2) is 0 Å². The van der Waals surface area contributed by atoms with Crippen molar-refractivity contribution in [2.24, 2.45) is 0 Å². The molecule has 2 aliphatic rings. The van der Waals surface area contributed by atoms with E-state index < -0.39 is 5.25 Å². The first-order valence-corrected chi connectivity index (χ1v) is 11.7. The number of hydrogen-bond acceptors (Lipinski definition) is 5. The summed E-state index contributed by atoms with van der Waals surface area (Å²) in [7, 11) is 1.58. The molecule has 1 fully saturated rings. The Morgan fingerprint density at radius 1 is 1.03 bits per heavy atom. The highest BCUT2D eigenvalue weighted by molar-refractivity contribution is 8.01. The maximum atomic E-state index is 13.4. The van der Waals surface area contributed by atoms with Crippen molar-refractivity contribution in [3.8, 4) is 5.75 Å². The summed E-state index contributed by atoms with van der Waals surface area (Å²) in [5.74, 6) is -0.133. The van der Waals surface area contributed by atoms with Gasteiger partial charge in [0, 0.05) is 23.7 Å². The fraction of sp³-hybridized carbons (Fsp3) is 0.375. The lowest BCUT2D eigenvalue weighted by molar-refractivity contribution is -0.135. The predicted molar refractivity (Wildman–Crippen MR) is 125 cm³/mol. The molecule has 2 aromatic carbocycles. The average Bonchev–Trinajstić information content (AvgIpc) is 3.10. The van der Waals surface area contributed by atoms with E-state index in [0.29, 0.717) is 30.2 Å². The van der Waals surface area contributed by atoms with Crippen LogP contribution in [0.4, 0.5) is 11.4 Å². The molecule has 1 atom stereocenters. The lowest BCUT2D eigenvalue weighted by Crippen LogP contribution is -2.51. The smallest absolute Gasteiger partial charge is 0.250 e. The number of nitrogens with one attached hydrogen (secondary N) is 1. The summed E-state index contributed by atoms with van der Waals surface area (Å²) < 4.78 is 5.14. The first-order valence-electron chi connectivity index (χ1n) is 10.9. The molecule has 0 bridgehead atoms. The summed E-state index contributed by atoms with van der Waals surface area (Å²) >= 11 is 1.28. The highest BCUT2D eigenvalue weighted by Gasteiger charge is 2.40. The molecule has 2 aliphatic heterocycles.